The zero-order valence-corrected chi connectivity index (χ0v) is 14.6. The van der Waals surface area contributed by atoms with Crippen LogP contribution in [0.5, 0.6) is 0 Å². The number of thiophene rings is 1. The molecule has 0 N–H and O–H groups in total. The highest BCUT2D eigenvalue weighted by molar-refractivity contribution is 14.1. The summed E-state index contributed by atoms with van der Waals surface area (Å²) in [6.45, 7) is 3.09. The Hall–Kier alpha value is -0.670. The van der Waals surface area contributed by atoms with E-state index >= 15 is 0 Å². The molecule has 1 unspecified atom stereocenters. The lowest BCUT2D eigenvalue weighted by atomic mass is 10.2. The van der Waals surface area contributed by atoms with Crippen LogP contribution in [0.4, 0.5) is 0 Å². The first-order valence-electron chi connectivity index (χ1n) is 7.09. The second-order valence-corrected chi connectivity index (χ2v) is 8.06. The van der Waals surface area contributed by atoms with Crippen LogP contribution in [0.15, 0.2) is 11.4 Å². The average molecular weight is 420 g/mol. The molecule has 2 fully saturated rings. The average Bonchev–Trinajstić information content (AvgIpc) is 3.17. The van der Waals surface area contributed by atoms with Crippen molar-refractivity contribution in [2.24, 2.45) is 0 Å². The van der Waals surface area contributed by atoms with Crippen molar-refractivity contribution in [2.75, 3.05) is 32.8 Å². The topological polar surface area (TPSA) is 49.9 Å². The fourth-order valence-electron chi connectivity index (χ4n) is 2.71. The molecule has 1 aromatic rings. The van der Waals surface area contributed by atoms with Crippen molar-refractivity contribution in [1.29, 1.82) is 0 Å². The third kappa shape index (κ3) is 3.40. The molecule has 3 rings (SSSR count). The van der Waals surface area contributed by atoms with Crippen LogP contribution in [0, 0.1) is 2.88 Å². The Morgan fingerprint density at radius 1 is 1.24 bits per heavy atom. The molecule has 3 heterocycles. The first kappa shape index (κ1) is 15.2. The Bertz CT molecular complexity index is 534. The number of nitrogens with zero attached hydrogens (tertiary/aromatic N) is 2. The summed E-state index contributed by atoms with van der Waals surface area (Å²) >= 11 is 3.80. The molecule has 0 saturated carbocycles. The zero-order valence-electron chi connectivity index (χ0n) is 11.6. The number of hydrogen-bond acceptors (Lipinski definition) is 4. The Balaban J connectivity index is 1.55. The molecule has 0 bridgehead atoms. The van der Waals surface area contributed by atoms with Gasteiger partial charge in [-0.3, -0.25) is 9.59 Å². The van der Waals surface area contributed by atoms with Crippen LogP contribution >= 0.6 is 33.9 Å². The van der Waals surface area contributed by atoms with Gasteiger partial charge in [0.25, 0.3) is 11.8 Å². The normalized spacial score (nSPS) is 22.6. The van der Waals surface area contributed by atoms with Gasteiger partial charge >= 0.3 is 0 Å². The molecule has 2 saturated heterocycles. The highest BCUT2D eigenvalue weighted by Gasteiger charge is 2.31. The van der Waals surface area contributed by atoms with Crippen molar-refractivity contribution in [1.82, 2.24) is 9.80 Å². The lowest BCUT2D eigenvalue weighted by molar-refractivity contribution is -0.142. The fourth-order valence-corrected chi connectivity index (χ4v) is 4.03. The summed E-state index contributed by atoms with van der Waals surface area (Å²) in [6.07, 6.45) is 1.53. The predicted octanol–water partition coefficient (Wildman–Crippen LogP) is 1.82. The van der Waals surface area contributed by atoms with Crippen molar-refractivity contribution < 1.29 is 14.3 Å². The molecular formula is C14H17IN2O3S. The summed E-state index contributed by atoms with van der Waals surface area (Å²) in [5, 5.41) is 1.90. The molecule has 7 heteroatoms. The molecule has 114 valence electrons. The molecule has 5 nitrogen and oxygen atoms in total. The van der Waals surface area contributed by atoms with Crippen molar-refractivity contribution in [3.8, 4) is 0 Å². The Labute approximate surface area is 141 Å². The molecule has 0 radical (unpaired) electrons. The molecule has 2 amide bonds. The van der Waals surface area contributed by atoms with Gasteiger partial charge < -0.3 is 14.5 Å². The summed E-state index contributed by atoms with van der Waals surface area (Å²) in [5.41, 5.74) is 0.753. The number of halogens is 1. The Morgan fingerprint density at radius 2 is 1.95 bits per heavy atom. The van der Waals surface area contributed by atoms with E-state index in [1.54, 1.807) is 11.3 Å². The number of hydrogen-bond donors (Lipinski definition) is 0. The van der Waals surface area contributed by atoms with E-state index in [0.29, 0.717) is 32.8 Å². The number of carbonyl (C=O) groups excluding carboxylic acids is 2. The molecule has 0 spiro atoms. The highest BCUT2D eigenvalue weighted by Crippen LogP contribution is 2.20. The molecule has 1 atom stereocenters. The maximum atomic E-state index is 12.3. The predicted molar refractivity (Wildman–Crippen MR) is 88.5 cm³/mol. The molecular weight excluding hydrogens is 403 g/mol. The van der Waals surface area contributed by atoms with Gasteiger partial charge in [0.1, 0.15) is 6.10 Å². The van der Waals surface area contributed by atoms with E-state index in [-0.39, 0.29) is 17.9 Å². The molecule has 2 aliphatic heterocycles. The molecule has 0 aromatic carbocycles. The monoisotopic (exact) mass is 420 g/mol. The molecule has 1 aromatic heterocycles. The number of ether oxygens (including phenoxy) is 1. The highest BCUT2D eigenvalue weighted by atomic mass is 127. The summed E-state index contributed by atoms with van der Waals surface area (Å²) in [7, 11) is 0. The second-order valence-electron chi connectivity index (χ2n) is 5.26. The zero-order chi connectivity index (χ0) is 14.8. The van der Waals surface area contributed by atoms with Gasteiger partial charge in [0.15, 0.2) is 0 Å². The van der Waals surface area contributed by atoms with Crippen LogP contribution in [0.3, 0.4) is 0 Å². The largest absolute Gasteiger partial charge is 0.368 e. The quantitative estimate of drug-likeness (QED) is 0.686. The summed E-state index contributed by atoms with van der Waals surface area (Å²) in [4.78, 5) is 28.3. The van der Waals surface area contributed by atoms with Crippen molar-refractivity contribution in [3.63, 3.8) is 0 Å². The van der Waals surface area contributed by atoms with E-state index < -0.39 is 0 Å². The second kappa shape index (κ2) is 6.62. The van der Waals surface area contributed by atoms with Crippen LogP contribution in [-0.4, -0.2) is 60.5 Å². The van der Waals surface area contributed by atoms with Crippen LogP contribution in [-0.2, 0) is 9.53 Å². The smallest absolute Gasteiger partial charge is 0.254 e. The van der Waals surface area contributed by atoms with E-state index in [4.69, 9.17) is 4.74 Å². The third-order valence-electron chi connectivity index (χ3n) is 3.90. The van der Waals surface area contributed by atoms with Gasteiger partial charge in [-0.15, -0.1) is 11.3 Å². The van der Waals surface area contributed by atoms with Crippen LogP contribution in [0.2, 0.25) is 0 Å². The van der Waals surface area contributed by atoms with E-state index in [1.165, 1.54) is 0 Å². The van der Waals surface area contributed by atoms with E-state index in [1.807, 2.05) is 21.2 Å². The minimum Gasteiger partial charge on any atom is -0.368 e. The van der Waals surface area contributed by atoms with Gasteiger partial charge in [-0.1, -0.05) is 0 Å². The van der Waals surface area contributed by atoms with Crippen LogP contribution in [0.25, 0.3) is 0 Å². The van der Waals surface area contributed by atoms with Gasteiger partial charge in [-0.2, -0.15) is 0 Å². The van der Waals surface area contributed by atoms with E-state index in [0.717, 1.165) is 21.3 Å². The van der Waals surface area contributed by atoms with Gasteiger partial charge in [-0.25, -0.2) is 0 Å². The first-order valence-corrected chi connectivity index (χ1v) is 9.04. The van der Waals surface area contributed by atoms with E-state index in [9.17, 15) is 9.59 Å². The SMILES string of the molecule is O=C(c1csc(I)c1)N1CCN(C(=O)C2CCCO2)CC1. The standard InChI is InChI=1S/C14H17IN2O3S/c15-12-8-10(9-21-12)13(18)16-3-5-17(6-4-16)14(19)11-2-1-7-20-11/h8-9,11H,1-7H2. The van der Waals surface area contributed by atoms with E-state index in [2.05, 4.69) is 22.6 Å². The lowest BCUT2D eigenvalue weighted by Crippen LogP contribution is -2.52. The minimum absolute atomic E-state index is 0.0679. The molecule has 21 heavy (non-hydrogen) atoms. The molecule has 2 aliphatic rings. The van der Waals surface area contributed by atoms with Gasteiger partial charge in [0.2, 0.25) is 0 Å². The van der Waals surface area contributed by atoms with Crippen molar-refractivity contribution in [2.45, 2.75) is 18.9 Å². The van der Waals surface area contributed by atoms with Gasteiger partial charge in [-0.05, 0) is 41.5 Å². The number of rotatable bonds is 2. The summed E-state index contributed by atoms with van der Waals surface area (Å²) < 4.78 is 6.56. The van der Waals surface area contributed by atoms with Gasteiger partial charge in [0, 0.05) is 38.2 Å². The number of carbonyl (C=O) groups is 2. The number of amides is 2. The minimum atomic E-state index is -0.259. The molecule has 0 aliphatic carbocycles. The fraction of sp³-hybridized carbons (Fsp3) is 0.571. The van der Waals surface area contributed by atoms with Crippen molar-refractivity contribution in [3.05, 3.63) is 19.9 Å². The van der Waals surface area contributed by atoms with Crippen LogP contribution in [0.1, 0.15) is 23.2 Å². The maximum Gasteiger partial charge on any atom is 0.254 e. The third-order valence-corrected chi connectivity index (χ3v) is 5.69. The number of piperazine rings is 1. The van der Waals surface area contributed by atoms with Gasteiger partial charge in [0.05, 0.1) is 8.45 Å². The Kier molecular flexibility index (Phi) is 4.80. The van der Waals surface area contributed by atoms with Crippen molar-refractivity contribution >= 4 is 45.7 Å². The lowest BCUT2D eigenvalue weighted by Gasteiger charge is -2.35. The Morgan fingerprint density at radius 3 is 2.52 bits per heavy atom. The summed E-state index contributed by atoms with van der Waals surface area (Å²) in [5.74, 6) is 0.156. The summed E-state index contributed by atoms with van der Waals surface area (Å²) in [6, 6.07) is 1.91. The van der Waals surface area contributed by atoms with Crippen LogP contribution < -0.4 is 0 Å². The maximum absolute atomic E-state index is 12.3. The first-order chi connectivity index (χ1) is 10.1.